The Kier molecular flexibility index (Phi) is 7.16. The van der Waals surface area contributed by atoms with Crippen LogP contribution in [0.3, 0.4) is 0 Å². The summed E-state index contributed by atoms with van der Waals surface area (Å²) in [6, 6.07) is 6.71. The number of benzene rings is 2. The minimum atomic E-state index is -4.79. The third-order valence-corrected chi connectivity index (χ3v) is 6.85. The van der Waals surface area contributed by atoms with E-state index in [0.29, 0.717) is 34.4 Å². The van der Waals surface area contributed by atoms with E-state index in [0.717, 1.165) is 37.6 Å². The third kappa shape index (κ3) is 5.60. The average molecular weight is 552 g/mol. The molecule has 1 aliphatic rings. The Morgan fingerprint density at radius 3 is 2.58 bits per heavy atom. The van der Waals surface area contributed by atoms with Crippen LogP contribution in [0.25, 0.3) is 11.0 Å². The Hall–Kier alpha value is -4.50. The van der Waals surface area contributed by atoms with Gasteiger partial charge in [-0.1, -0.05) is 12.0 Å². The van der Waals surface area contributed by atoms with Gasteiger partial charge in [0.15, 0.2) is 5.65 Å². The van der Waals surface area contributed by atoms with Crippen molar-refractivity contribution in [1.29, 1.82) is 0 Å². The molecule has 0 bridgehead atoms. The second-order valence-electron chi connectivity index (χ2n) is 9.75. The summed E-state index contributed by atoms with van der Waals surface area (Å²) < 4.78 is 54.9. The smallest absolute Gasteiger partial charge is 0.383 e. The molecule has 0 radical (unpaired) electrons. The lowest BCUT2D eigenvalue weighted by atomic mass is 10.1. The van der Waals surface area contributed by atoms with Crippen molar-refractivity contribution in [2.45, 2.75) is 32.0 Å². The number of nitrogen functional groups attached to an aromatic ring is 1. The molecule has 2 aromatic carbocycles. The Balaban J connectivity index is 1.45. The van der Waals surface area contributed by atoms with E-state index in [1.807, 2.05) is 11.6 Å². The van der Waals surface area contributed by atoms with Crippen molar-refractivity contribution in [3.8, 4) is 11.8 Å². The summed E-state index contributed by atoms with van der Waals surface area (Å²) in [7, 11) is 2.07. The monoisotopic (exact) mass is 551 g/mol. The first-order chi connectivity index (χ1) is 19.0. The number of amides is 1. The number of carbonyl (C=O) groups excluding carboxylic acids is 1. The molecule has 1 saturated heterocycles. The number of piperidine rings is 1. The fourth-order valence-corrected chi connectivity index (χ4v) is 4.63. The van der Waals surface area contributed by atoms with Gasteiger partial charge < -0.3 is 16.0 Å². The molecule has 3 heterocycles. The zero-order chi connectivity index (χ0) is 28.6. The summed E-state index contributed by atoms with van der Waals surface area (Å²) in [6.07, 6.45) is -1.58. The van der Waals surface area contributed by atoms with Crippen LogP contribution < -0.4 is 11.1 Å². The highest BCUT2D eigenvalue weighted by Gasteiger charge is 2.32. The highest BCUT2D eigenvalue weighted by atomic mass is 19.4. The van der Waals surface area contributed by atoms with Gasteiger partial charge in [0, 0.05) is 16.8 Å². The van der Waals surface area contributed by atoms with Gasteiger partial charge in [0.25, 0.3) is 5.91 Å². The molecule has 8 nitrogen and oxygen atoms in total. The SMILES string of the molecule is Cc1ccc(NC(=O)c2cc(F)cc(C(F)(F)F)c2)cc1C#Cc1nn(C2CCN(C)CC2)c2ncnc(N)c12. The number of aromatic nitrogens is 4. The summed E-state index contributed by atoms with van der Waals surface area (Å²) in [4.78, 5) is 23.4. The summed E-state index contributed by atoms with van der Waals surface area (Å²) >= 11 is 0. The molecular weight excluding hydrogens is 526 g/mol. The van der Waals surface area contributed by atoms with Gasteiger partial charge >= 0.3 is 6.18 Å². The molecule has 12 heteroatoms. The van der Waals surface area contributed by atoms with Crippen LogP contribution in [0.2, 0.25) is 0 Å². The van der Waals surface area contributed by atoms with Crippen LogP contribution in [0.5, 0.6) is 0 Å². The first-order valence-corrected chi connectivity index (χ1v) is 12.5. The zero-order valence-corrected chi connectivity index (χ0v) is 21.7. The molecule has 1 fully saturated rings. The topological polar surface area (TPSA) is 102 Å². The number of aryl methyl sites for hydroxylation is 1. The van der Waals surface area contributed by atoms with Crippen LogP contribution in [-0.4, -0.2) is 50.7 Å². The molecule has 40 heavy (non-hydrogen) atoms. The number of halogens is 4. The standard InChI is InChI=1S/C28H25F4N7O/c1-16-3-5-21(36-27(40)18-11-19(28(30,31)32)14-20(29)12-18)13-17(16)4-6-23-24-25(33)34-15-35-26(24)39(37-23)22-7-9-38(2)10-8-22/h3,5,11-15,22H,7-10H2,1-2H3,(H,36,40)(H2,33,34,35). The number of nitrogens with one attached hydrogen (secondary N) is 1. The fourth-order valence-electron chi connectivity index (χ4n) is 4.63. The van der Waals surface area contributed by atoms with Gasteiger partial charge in [0.2, 0.25) is 0 Å². The van der Waals surface area contributed by atoms with Gasteiger partial charge in [-0.2, -0.15) is 18.3 Å². The number of carbonyl (C=O) groups is 1. The predicted molar refractivity (Wildman–Crippen MR) is 142 cm³/mol. The quantitative estimate of drug-likeness (QED) is 0.280. The molecule has 0 spiro atoms. The summed E-state index contributed by atoms with van der Waals surface area (Å²) in [5.74, 6) is 4.33. The first-order valence-electron chi connectivity index (χ1n) is 12.5. The number of likely N-dealkylation sites (tertiary alicyclic amines) is 1. The number of nitrogens with two attached hydrogens (primary N) is 1. The van der Waals surface area contributed by atoms with Crippen molar-refractivity contribution in [3.63, 3.8) is 0 Å². The average Bonchev–Trinajstić information content (AvgIpc) is 3.28. The molecular formula is C28H25F4N7O. The second-order valence-corrected chi connectivity index (χ2v) is 9.75. The van der Waals surface area contributed by atoms with E-state index in [4.69, 9.17) is 10.8 Å². The van der Waals surface area contributed by atoms with E-state index < -0.39 is 29.0 Å². The lowest BCUT2D eigenvalue weighted by molar-refractivity contribution is -0.137. The lowest BCUT2D eigenvalue weighted by Gasteiger charge is -2.29. The van der Waals surface area contributed by atoms with E-state index in [1.54, 1.807) is 18.2 Å². The van der Waals surface area contributed by atoms with Gasteiger partial charge in [-0.3, -0.25) is 4.79 Å². The molecule has 1 aliphatic heterocycles. The number of fused-ring (bicyclic) bond motifs is 1. The van der Waals surface area contributed by atoms with Gasteiger partial charge in [-0.05, 0) is 81.7 Å². The maximum absolute atomic E-state index is 13.8. The van der Waals surface area contributed by atoms with Crippen LogP contribution in [0.1, 0.15) is 51.6 Å². The third-order valence-electron chi connectivity index (χ3n) is 6.85. The fraction of sp³-hybridized carbons (Fsp3) is 0.286. The van der Waals surface area contributed by atoms with Crippen LogP contribution >= 0.6 is 0 Å². The Morgan fingerprint density at radius 2 is 1.85 bits per heavy atom. The lowest BCUT2D eigenvalue weighted by Crippen LogP contribution is -2.32. The molecule has 206 valence electrons. The summed E-state index contributed by atoms with van der Waals surface area (Å²) in [5, 5.41) is 7.81. The van der Waals surface area contributed by atoms with E-state index in [2.05, 4.69) is 39.1 Å². The van der Waals surface area contributed by atoms with Crippen molar-refractivity contribution >= 4 is 28.4 Å². The number of anilines is 2. The number of rotatable bonds is 3. The van der Waals surface area contributed by atoms with Gasteiger partial charge in [0.05, 0.1) is 17.0 Å². The molecule has 0 unspecified atom stereocenters. The van der Waals surface area contributed by atoms with Crippen molar-refractivity contribution in [1.82, 2.24) is 24.6 Å². The van der Waals surface area contributed by atoms with Crippen molar-refractivity contribution in [3.05, 3.63) is 76.5 Å². The Bertz CT molecular complexity index is 1660. The van der Waals surface area contributed by atoms with Crippen molar-refractivity contribution in [2.24, 2.45) is 0 Å². The summed E-state index contributed by atoms with van der Waals surface area (Å²) in [6.45, 7) is 3.68. The molecule has 3 N–H and O–H groups in total. The van der Waals surface area contributed by atoms with Gasteiger partial charge in [0.1, 0.15) is 23.7 Å². The molecule has 0 saturated carbocycles. The van der Waals surface area contributed by atoms with E-state index >= 15 is 0 Å². The predicted octanol–water partition coefficient (Wildman–Crippen LogP) is 4.79. The number of hydrogen-bond acceptors (Lipinski definition) is 6. The molecule has 4 aromatic rings. The molecule has 1 amide bonds. The number of hydrogen-bond donors (Lipinski definition) is 2. The largest absolute Gasteiger partial charge is 0.416 e. The minimum Gasteiger partial charge on any atom is -0.383 e. The molecule has 0 aliphatic carbocycles. The van der Waals surface area contributed by atoms with Crippen molar-refractivity contribution < 1.29 is 22.4 Å². The maximum atomic E-state index is 13.8. The number of alkyl halides is 3. The van der Waals surface area contributed by atoms with Gasteiger partial charge in [-0.15, -0.1) is 0 Å². The maximum Gasteiger partial charge on any atom is 0.416 e. The molecule has 0 atom stereocenters. The molecule has 2 aromatic heterocycles. The van der Waals surface area contributed by atoms with Crippen LogP contribution in [0.15, 0.2) is 42.7 Å². The normalized spacial score (nSPS) is 14.7. The van der Waals surface area contributed by atoms with E-state index in [1.165, 1.54) is 6.33 Å². The first kappa shape index (κ1) is 27.1. The van der Waals surface area contributed by atoms with E-state index in [9.17, 15) is 22.4 Å². The Labute approximate surface area is 227 Å². The second kappa shape index (κ2) is 10.6. The van der Waals surface area contributed by atoms with Crippen LogP contribution in [0.4, 0.5) is 29.1 Å². The van der Waals surface area contributed by atoms with Gasteiger partial charge in [-0.25, -0.2) is 19.0 Å². The summed E-state index contributed by atoms with van der Waals surface area (Å²) in [5.41, 5.74) is 7.12. The van der Waals surface area contributed by atoms with Crippen molar-refractivity contribution in [2.75, 3.05) is 31.2 Å². The highest BCUT2D eigenvalue weighted by molar-refractivity contribution is 6.04. The Morgan fingerprint density at radius 1 is 1.10 bits per heavy atom. The zero-order valence-electron chi connectivity index (χ0n) is 21.7. The minimum absolute atomic E-state index is 0.143. The highest BCUT2D eigenvalue weighted by Crippen LogP contribution is 2.31. The number of nitrogens with zero attached hydrogens (tertiary/aromatic N) is 5. The van der Waals surface area contributed by atoms with E-state index in [-0.39, 0.29) is 17.5 Å². The van der Waals surface area contributed by atoms with Crippen LogP contribution in [-0.2, 0) is 6.18 Å². The molecule has 5 rings (SSSR count). The van der Waals surface area contributed by atoms with Crippen LogP contribution in [0, 0.1) is 24.6 Å².